The number of nitrogens with zero attached hydrogens (tertiary/aromatic N) is 4. The molecule has 1 fully saturated rings. The lowest BCUT2D eigenvalue weighted by molar-refractivity contribution is -0.174. The minimum Gasteiger partial charge on any atom is -0.367 e. The van der Waals surface area contributed by atoms with Crippen molar-refractivity contribution >= 4 is 23.4 Å². The van der Waals surface area contributed by atoms with Crippen LogP contribution in [0.4, 0.5) is 57.0 Å². The highest BCUT2D eigenvalue weighted by Crippen LogP contribution is 2.38. The number of carbonyl (C=O) groups excluding carboxylic acids is 1. The number of halogens is 9. The van der Waals surface area contributed by atoms with E-state index in [1.807, 2.05) is 5.32 Å². The summed E-state index contributed by atoms with van der Waals surface area (Å²) in [5.74, 6) is -2.16. The van der Waals surface area contributed by atoms with E-state index in [0.29, 0.717) is 36.1 Å². The summed E-state index contributed by atoms with van der Waals surface area (Å²) in [4.78, 5) is 19.6. The van der Waals surface area contributed by atoms with Gasteiger partial charge in [-0.3, -0.25) is 9.48 Å². The fraction of sp³-hybridized carbons (Fsp3) is 0.417. The molecule has 1 aliphatic rings. The van der Waals surface area contributed by atoms with Gasteiger partial charge < -0.3 is 16.0 Å². The lowest BCUT2D eigenvalue weighted by Crippen LogP contribution is -2.45. The zero-order valence-electron chi connectivity index (χ0n) is 21.0. The zero-order chi connectivity index (χ0) is 30.2. The van der Waals surface area contributed by atoms with Crippen LogP contribution in [-0.2, 0) is 24.2 Å². The Bertz CT molecular complexity index is 1360. The van der Waals surface area contributed by atoms with Crippen LogP contribution < -0.4 is 16.0 Å². The van der Waals surface area contributed by atoms with E-state index >= 15 is 0 Å². The maximum atomic E-state index is 13.3. The van der Waals surface area contributed by atoms with Gasteiger partial charge in [-0.05, 0) is 43.9 Å². The second kappa shape index (κ2) is 11.1. The predicted octanol–water partition coefficient (Wildman–Crippen LogP) is 6.06. The van der Waals surface area contributed by atoms with Gasteiger partial charge in [-0.15, -0.1) is 0 Å². The smallest absolute Gasteiger partial charge is 0.367 e. The first-order valence-electron chi connectivity index (χ1n) is 12.1. The van der Waals surface area contributed by atoms with E-state index in [4.69, 9.17) is 0 Å². The normalized spacial score (nSPS) is 18.2. The number of amides is 1. The molecule has 17 heteroatoms. The van der Waals surface area contributed by atoms with Crippen LogP contribution in [0.5, 0.6) is 0 Å². The van der Waals surface area contributed by atoms with E-state index in [1.165, 1.54) is 17.1 Å². The number of anilines is 3. The first-order chi connectivity index (χ1) is 19.0. The van der Waals surface area contributed by atoms with Crippen LogP contribution in [0.2, 0.25) is 0 Å². The second-order valence-corrected chi connectivity index (χ2v) is 9.44. The SMILES string of the molecule is Cn1cc(-c2cnc(Nc3cc(C(F)(F)F)cc(C(F)(F)F)c3)nc2NC2CCC(NC(=O)C(F)(F)F)CC2)cn1. The summed E-state index contributed by atoms with van der Waals surface area (Å²) in [5, 5.41) is 11.5. The molecule has 0 bridgehead atoms. The molecule has 0 aliphatic heterocycles. The highest BCUT2D eigenvalue weighted by atomic mass is 19.4. The van der Waals surface area contributed by atoms with Gasteiger partial charge in [0.1, 0.15) is 5.82 Å². The summed E-state index contributed by atoms with van der Waals surface area (Å²) in [6.07, 6.45) is -9.55. The Morgan fingerprint density at radius 3 is 1.98 bits per heavy atom. The molecule has 4 rings (SSSR count). The van der Waals surface area contributed by atoms with Crippen molar-refractivity contribution < 1.29 is 44.3 Å². The average molecular weight is 595 g/mol. The van der Waals surface area contributed by atoms with E-state index in [0.717, 1.165) is 0 Å². The molecule has 1 saturated carbocycles. The number of aryl methyl sites for hydroxylation is 1. The van der Waals surface area contributed by atoms with E-state index in [-0.39, 0.29) is 36.7 Å². The minimum absolute atomic E-state index is 0.00199. The van der Waals surface area contributed by atoms with Crippen LogP contribution in [0.15, 0.2) is 36.8 Å². The third-order valence-electron chi connectivity index (χ3n) is 6.31. The standard InChI is InChI=1S/C24H22F9N7O/c1-40-11-12(9-35-40)18-10-34-21(38-17-7-13(22(25,26)27)6-14(8-17)23(28,29)30)39-19(18)36-15-2-4-16(5-3-15)37-20(41)24(31,32)33/h6-11,15-16H,2-5H2,1H3,(H,37,41)(H2,34,36,38,39). The van der Waals surface area contributed by atoms with Crippen LogP contribution >= 0.6 is 0 Å². The number of alkyl halides is 9. The van der Waals surface area contributed by atoms with Crippen LogP contribution in [0, 0.1) is 0 Å². The number of benzene rings is 1. The van der Waals surface area contributed by atoms with Gasteiger partial charge in [-0.2, -0.15) is 49.6 Å². The molecule has 0 saturated heterocycles. The largest absolute Gasteiger partial charge is 0.471 e. The summed E-state index contributed by atoms with van der Waals surface area (Å²) in [7, 11) is 1.65. The number of hydrogen-bond acceptors (Lipinski definition) is 6. The molecular weight excluding hydrogens is 573 g/mol. The van der Waals surface area contributed by atoms with Gasteiger partial charge in [0.15, 0.2) is 0 Å². The molecule has 0 spiro atoms. The molecule has 1 aliphatic carbocycles. The lowest BCUT2D eigenvalue weighted by atomic mass is 9.91. The van der Waals surface area contributed by atoms with Crippen LogP contribution in [-0.4, -0.2) is 43.9 Å². The van der Waals surface area contributed by atoms with Crippen molar-refractivity contribution in [1.29, 1.82) is 0 Å². The molecule has 0 unspecified atom stereocenters. The lowest BCUT2D eigenvalue weighted by Gasteiger charge is -2.30. The molecule has 3 aromatic rings. The number of hydrogen-bond donors (Lipinski definition) is 3. The van der Waals surface area contributed by atoms with Gasteiger partial charge in [0.05, 0.1) is 17.3 Å². The molecule has 1 amide bonds. The zero-order valence-corrected chi connectivity index (χ0v) is 21.0. The van der Waals surface area contributed by atoms with Crippen molar-refractivity contribution in [3.05, 3.63) is 47.9 Å². The Balaban J connectivity index is 1.58. The van der Waals surface area contributed by atoms with E-state index in [9.17, 15) is 44.3 Å². The molecule has 41 heavy (non-hydrogen) atoms. The monoisotopic (exact) mass is 595 g/mol. The third-order valence-corrected chi connectivity index (χ3v) is 6.31. The number of carbonyl (C=O) groups is 1. The highest BCUT2D eigenvalue weighted by molar-refractivity contribution is 5.82. The van der Waals surface area contributed by atoms with Crippen LogP contribution in [0.1, 0.15) is 36.8 Å². The molecule has 222 valence electrons. The molecule has 3 N–H and O–H groups in total. The van der Waals surface area contributed by atoms with Gasteiger partial charge >= 0.3 is 24.4 Å². The fourth-order valence-electron chi connectivity index (χ4n) is 4.32. The van der Waals surface area contributed by atoms with Crippen molar-refractivity contribution in [3.8, 4) is 11.1 Å². The van der Waals surface area contributed by atoms with Gasteiger partial charge in [0.25, 0.3) is 0 Å². The quantitative estimate of drug-likeness (QED) is 0.300. The first-order valence-corrected chi connectivity index (χ1v) is 12.1. The average Bonchev–Trinajstić information content (AvgIpc) is 3.29. The molecule has 1 aromatic carbocycles. The van der Waals surface area contributed by atoms with Crippen LogP contribution in [0.3, 0.4) is 0 Å². The van der Waals surface area contributed by atoms with Gasteiger partial charge in [0, 0.05) is 48.3 Å². The fourth-order valence-corrected chi connectivity index (χ4v) is 4.32. The third kappa shape index (κ3) is 7.58. The van der Waals surface area contributed by atoms with E-state index < -0.39 is 47.3 Å². The maximum absolute atomic E-state index is 13.3. The molecule has 2 heterocycles. The topological polar surface area (TPSA) is 96.8 Å². The predicted molar refractivity (Wildman–Crippen MR) is 128 cm³/mol. The molecular formula is C24H22F9N7O. The molecule has 8 nitrogen and oxygen atoms in total. The van der Waals surface area contributed by atoms with Crippen molar-refractivity contribution in [2.75, 3.05) is 10.6 Å². The van der Waals surface area contributed by atoms with Gasteiger partial charge in [0.2, 0.25) is 5.95 Å². The van der Waals surface area contributed by atoms with Gasteiger partial charge in [-0.1, -0.05) is 0 Å². The number of rotatable bonds is 6. The summed E-state index contributed by atoms with van der Waals surface area (Å²) in [6, 6.07) is -0.0177. The van der Waals surface area contributed by atoms with Crippen molar-refractivity contribution in [1.82, 2.24) is 25.1 Å². The Morgan fingerprint density at radius 2 is 1.46 bits per heavy atom. The summed E-state index contributed by atoms with van der Waals surface area (Å²) >= 11 is 0. The minimum atomic E-state index is -5.05. The Labute approximate surface area is 226 Å². The van der Waals surface area contributed by atoms with E-state index in [2.05, 4.69) is 25.7 Å². The molecule has 0 atom stereocenters. The van der Waals surface area contributed by atoms with Gasteiger partial charge in [-0.25, -0.2) is 4.98 Å². The Hall–Kier alpha value is -4.05. The second-order valence-electron chi connectivity index (χ2n) is 9.44. The summed E-state index contributed by atoms with van der Waals surface area (Å²) < 4.78 is 119. The van der Waals surface area contributed by atoms with Crippen LogP contribution in [0.25, 0.3) is 11.1 Å². The Kier molecular flexibility index (Phi) is 8.09. The van der Waals surface area contributed by atoms with Crippen molar-refractivity contribution in [2.45, 2.75) is 56.3 Å². The molecule has 2 aromatic heterocycles. The highest BCUT2D eigenvalue weighted by Gasteiger charge is 2.40. The Morgan fingerprint density at radius 1 is 0.878 bits per heavy atom. The van der Waals surface area contributed by atoms with Crippen molar-refractivity contribution in [3.63, 3.8) is 0 Å². The van der Waals surface area contributed by atoms with Crippen molar-refractivity contribution in [2.24, 2.45) is 7.05 Å². The summed E-state index contributed by atoms with van der Waals surface area (Å²) in [5.41, 5.74) is -2.63. The molecule has 0 radical (unpaired) electrons. The number of nitrogens with one attached hydrogen (secondary N) is 3. The number of aromatic nitrogens is 4. The first kappa shape index (κ1) is 29.9. The summed E-state index contributed by atoms with van der Waals surface area (Å²) in [6.45, 7) is 0. The van der Waals surface area contributed by atoms with E-state index in [1.54, 1.807) is 13.2 Å². The maximum Gasteiger partial charge on any atom is 0.471 e.